The van der Waals surface area contributed by atoms with Crippen LogP contribution in [0.15, 0.2) is 42.5 Å². The Kier molecular flexibility index (Phi) is 4.23. The van der Waals surface area contributed by atoms with Crippen LogP contribution in [0.1, 0.15) is 24.2 Å². The molecule has 2 aromatic carbocycles. The Morgan fingerprint density at radius 1 is 1.11 bits per heavy atom. The first kappa shape index (κ1) is 17.8. The molecular formula is C22H19F2NO2S. The van der Waals surface area contributed by atoms with Gasteiger partial charge in [0.15, 0.2) is 11.6 Å². The molecule has 1 N–H and O–H groups in total. The second kappa shape index (κ2) is 6.65. The molecule has 2 aliphatic rings. The molecule has 144 valence electrons. The first-order chi connectivity index (χ1) is 13.6. The third-order valence-corrected chi connectivity index (χ3v) is 6.77. The van der Waals surface area contributed by atoms with E-state index in [1.54, 1.807) is 11.3 Å². The van der Waals surface area contributed by atoms with E-state index in [-0.39, 0.29) is 11.6 Å². The summed E-state index contributed by atoms with van der Waals surface area (Å²) in [7, 11) is 0. The second-order valence-electron chi connectivity index (χ2n) is 7.26. The van der Waals surface area contributed by atoms with Crippen molar-refractivity contribution in [3.63, 3.8) is 0 Å². The molecule has 1 aliphatic carbocycles. The maximum atomic E-state index is 15.0. The number of anilines is 1. The zero-order valence-corrected chi connectivity index (χ0v) is 16.1. The second-order valence-corrected chi connectivity index (χ2v) is 8.29. The summed E-state index contributed by atoms with van der Waals surface area (Å²) in [4.78, 5) is 3.10. The van der Waals surface area contributed by atoms with E-state index < -0.39 is 17.7 Å². The number of morpholine rings is 1. The third kappa shape index (κ3) is 2.59. The Labute approximate surface area is 165 Å². The summed E-state index contributed by atoms with van der Waals surface area (Å²) in [5.41, 5.74) is 2.75. The molecule has 0 amide bonds. The molecule has 3 nitrogen and oxygen atoms in total. The van der Waals surface area contributed by atoms with Gasteiger partial charge in [0, 0.05) is 22.5 Å². The Balaban J connectivity index is 1.79. The summed E-state index contributed by atoms with van der Waals surface area (Å²) in [6, 6.07) is 12.2. The van der Waals surface area contributed by atoms with Crippen LogP contribution in [0, 0.1) is 11.6 Å². The molecular weight excluding hydrogens is 380 g/mol. The van der Waals surface area contributed by atoms with E-state index in [4.69, 9.17) is 4.74 Å². The molecule has 28 heavy (non-hydrogen) atoms. The third-order valence-electron chi connectivity index (χ3n) is 5.56. The lowest BCUT2D eigenvalue weighted by atomic mass is 9.95. The van der Waals surface area contributed by atoms with Crippen LogP contribution in [-0.2, 0) is 4.74 Å². The van der Waals surface area contributed by atoms with E-state index in [2.05, 4.69) is 11.8 Å². The number of rotatable bonds is 1. The van der Waals surface area contributed by atoms with E-state index in [0.29, 0.717) is 29.9 Å². The molecule has 1 unspecified atom stereocenters. The first-order valence-electron chi connectivity index (χ1n) is 9.30. The number of benzene rings is 2. The van der Waals surface area contributed by atoms with Crippen LogP contribution >= 0.6 is 11.3 Å². The summed E-state index contributed by atoms with van der Waals surface area (Å²) >= 11 is 1.55. The van der Waals surface area contributed by atoms with Gasteiger partial charge in [-0.2, -0.15) is 0 Å². The number of fused-ring (bicyclic) bond motifs is 5. The summed E-state index contributed by atoms with van der Waals surface area (Å²) in [6.45, 7) is 4.12. The number of nitrogens with zero attached hydrogens (tertiary/aromatic N) is 1. The van der Waals surface area contributed by atoms with E-state index in [9.17, 15) is 13.9 Å². The average molecular weight is 399 g/mol. The van der Waals surface area contributed by atoms with Crippen molar-refractivity contribution in [2.24, 2.45) is 0 Å². The fourth-order valence-electron chi connectivity index (χ4n) is 4.14. The van der Waals surface area contributed by atoms with Crippen molar-refractivity contribution < 1.29 is 18.6 Å². The Morgan fingerprint density at radius 3 is 2.75 bits per heavy atom. The van der Waals surface area contributed by atoms with Crippen LogP contribution in [0.2, 0.25) is 0 Å². The van der Waals surface area contributed by atoms with Gasteiger partial charge in [-0.15, -0.1) is 11.3 Å². The predicted octanol–water partition coefficient (Wildman–Crippen LogP) is 4.98. The van der Waals surface area contributed by atoms with Gasteiger partial charge in [0.1, 0.15) is 6.10 Å². The van der Waals surface area contributed by atoms with Crippen molar-refractivity contribution in [2.75, 3.05) is 24.7 Å². The average Bonchev–Trinajstić information content (AvgIpc) is 3.10. The molecule has 1 aliphatic heterocycles. The lowest BCUT2D eigenvalue weighted by Gasteiger charge is -2.34. The van der Waals surface area contributed by atoms with Crippen LogP contribution in [-0.4, -0.2) is 30.9 Å². The van der Waals surface area contributed by atoms with Crippen LogP contribution in [0.3, 0.4) is 0 Å². The van der Waals surface area contributed by atoms with Gasteiger partial charge in [0.2, 0.25) is 0 Å². The van der Waals surface area contributed by atoms with Crippen molar-refractivity contribution in [1.82, 2.24) is 0 Å². The highest BCUT2D eigenvalue weighted by molar-refractivity contribution is 7.20. The Hall–Kier alpha value is -2.28. The first-order valence-corrected chi connectivity index (χ1v) is 10.1. The summed E-state index contributed by atoms with van der Waals surface area (Å²) < 4.78 is 34.6. The number of ether oxygens (including phenoxy) is 1. The van der Waals surface area contributed by atoms with Gasteiger partial charge in [0.05, 0.1) is 24.3 Å². The molecule has 0 spiro atoms. The zero-order valence-electron chi connectivity index (χ0n) is 15.3. The quantitative estimate of drug-likeness (QED) is 0.626. The van der Waals surface area contributed by atoms with E-state index in [1.165, 1.54) is 6.07 Å². The van der Waals surface area contributed by atoms with Crippen LogP contribution in [0.4, 0.5) is 13.8 Å². The van der Waals surface area contributed by atoms with Gasteiger partial charge in [-0.25, -0.2) is 8.78 Å². The van der Waals surface area contributed by atoms with Crippen LogP contribution in [0.5, 0.6) is 0 Å². The highest BCUT2D eigenvalue weighted by Gasteiger charge is 2.32. The smallest absolute Gasteiger partial charge is 0.167 e. The molecule has 5 rings (SSSR count). The van der Waals surface area contributed by atoms with Gasteiger partial charge in [-0.05, 0) is 35.7 Å². The molecule has 1 aromatic heterocycles. The fourth-order valence-corrected chi connectivity index (χ4v) is 5.48. The van der Waals surface area contributed by atoms with Gasteiger partial charge >= 0.3 is 0 Å². The minimum atomic E-state index is -1.01. The van der Waals surface area contributed by atoms with Gasteiger partial charge in [-0.1, -0.05) is 30.3 Å². The molecule has 2 heterocycles. The van der Waals surface area contributed by atoms with Gasteiger partial charge < -0.3 is 14.7 Å². The van der Waals surface area contributed by atoms with Crippen molar-refractivity contribution in [1.29, 1.82) is 0 Å². The normalized spacial score (nSPS) is 20.9. The molecule has 2 atom stereocenters. The molecule has 1 saturated heterocycles. The van der Waals surface area contributed by atoms with Crippen LogP contribution in [0.25, 0.3) is 21.6 Å². The minimum absolute atomic E-state index is 0.155. The van der Waals surface area contributed by atoms with Gasteiger partial charge in [-0.3, -0.25) is 0 Å². The van der Waals surface area contributed by atoms with E-state index >= 15 is 0 Å². The van der Waals surface area contributed by atoms with E-state index in [0.717, 1.165) is 28.1 Å². The van der Waals surface area contributed by atoms with E-state index in [1.807, 2.05) is 30.3 Å². The monoisotopic (exact) mass is 399 g/mol. The predicted molar refractivity (Wildman–Crippen MR) is 107 cm³/mol. The standard InChI is InChI=1S/C22H19F2NO2S/c1-12-11-27-9-8-25(12)18-10-16-19-15(6-7-17(23)20(19)24)21(26)13-4-2-3-5-14(13)22(16)28-18/h2-7,10,12,21,26H,8-9,11H2,1H3/t12-,21?/m0/s1. The summed E-state index contributed by atoms with van der Waals surface area (Å²) in [6.07, 6.45) is -1.01. The number of aliphatic hydroxyl groups is 1. The number of thiophene rings is 1. The molecule has 0 radical (unpaired) electrons. The van der Waals surface area contributed by atoms with Crippen LogP contribution < -0.4 is 4.90 Å². The zero-order chi connectivity index (χ0) is 19.4. The summed E-state index contributed by atoms with van der Waals surface area (Å²) in [5.74, 6) is -1.82. The molecule has 0 bridgehead atoms. The molecule has 0 saturated carbocycles. The maximum Gasteiger partial charge on any atom is 0.167 e. The fraction of sp³-hybridized carbons (Fsp3) is 0.273. The van der Waals surface area contributed by atoms with Crippen molar-refractivity contribution >= 4 is 16.3 Å². The minimum Gasteiger partial charge on any atom is -0.384 e. The molecule has 6 heteroatoms. The van der Waals surface area contributed by atoms with Gasteiger partial charge in [0.25, 0.3) is 0 Å². The number of hydrogen-bond acceptors (Lipinski definition) is 4. The Bertz CT molecular complexity index is 1060. The maximum absolute atomic E-state index is 15.0. The van der Waals surface area contributed by atoms with Crippen molar-refractivity contribution in [3.8, 4) is 21.6 Å². The summed E-state index contributed by atoms with van der Waals surface area (Å²) in [5, 5.41) is 11.9. The highest BCUT2D eigenvalue weighted by atomic mass is 32.1. The topological polar surface area (TPSA) is 32.7 Å². The SMILES string of the molecule is C[C@H]1COCCN1c1cc2c(s1)-c1ccccc1C(O)c1ccc(F)c(F)c1-2. The van der Waals surface area contributed by atoms with Crippen molar-refractivity contribution in [2.45, 2.75) is 19.1 Å². The lowest BCUT2D eigenvalue weighted by molar-refractivity contribution is 0.0993. The number of hydrogen-bond donors (Lipinski definition) is 1. The molecule has 1 fully saturated rings. The lowest BCUT2D eigenvalue weighted by Crippen LogP contribution is -2.43. The largest absolute Gasteiger partial charge is 0.384 e. The van der Waals surface area contributed by atoms with Crippen molar-refractivity contribution in [3.05, 3.63) is 65.2 Å². The Morgan fingerprint density at radius 2 is 1.93 bits per heavy atom. The number of aliphatic hydroxyl groups excluding tert-OH is 1. The highest BCUT2D eigenvalue weighted by Crippen LogP contribution is 2.51. The number of halogens is 2. The molecule has 3 aromatic rings.